The van der Waals surface area contributed by atoms with Gasteiger partial charge in [0.25, 0.3) is 0 Å². The summed E-state index contributed by atoms with van der Waals surface area (Å²) in [6.45, 7) is 6.22. The number of aryl methyl sites for hydroxylation is 2. The average Bonchev–Trinajstić information content (AvgIpc) is 2.28. The van der Waals surface area contributed by atoms with Crippen molar-refractivity contribution in [3.05, 3.63) is 44.1 Å². The highest BCUT2D eigenvalue weighted by Gasteiger charge is 2.08. The van der Waals surface area contributed by atoms with Crippen LogP contribution in [0.1, 0.15) is 23.7 Å². The maximum absolute atomic E-state index is 5.35. The third-order valence-electron chi connectivity index (χ3n) is 3.03. The Balaban J connectivity index is 2.62. The number of H-pyrrole nitrogens is 1. The van der Waals surface area contributed by atoms with Gasteiger partial charge in [0, 0.05) is 21.3 Å². The Morgan fingerprint density at radius 1 is 1.33 bits per heavy atom. The van der Waals surface area contributed by atoms with Gasteiger partial charge in [-0.05, 0) is 44.0 Å². The van der Waals surface area contributed by atoms with Crippen molar-refractivity contribution in [1.29, 1.82) is 0 Å². The maximum atomic E-state index is 5.35. The van der Waals surface area contributed by atoms with Gasteiger partial charge >= 0.3 is 0 Å². The number of hydrogen-bond donors (Lipinski definition) is 1. The molecule has 2 nitrogen and oxygen atoms in total. The van der Waals surface area contributed by atoms with E-state index in [1.807, 2.05) is 13.0 Å². The highest BCUT2D eigenvalue weighted by atomic mass is 79.9. The zero-order valence-electron chi connectivity index (χ0n) is 10.7. The summed E-state index contributed by atoms with van der Waals surface area (Å²) in [6.07, 6.45) is 0.910. The van der Waals surface area contributed by atoms with Gasteiger partial charge in [0.05, 0.1) is 0 Å². The minimum absolute atomic E-state index is 0.700. The molecule has 94 valence electrons. The van der Waals surface area contributed by atoms with Crippen LogP contribution in [0.5, 0.6) is 0 Å². The fraction of sp³-hybridized carbons (Fsp3) is 0.286. The average molecular weight is 323 g/mol. The molecule has 1 aromatic heterocycles. The number of nitrogens with zero attached hydrogens (tertiary/aromatic N) is 1. The Hall–Kier alpha value is -1.00. The van der Waals surface area contributed by atoms with E-state index in [0.717, 1.165) is 33.5 Å². The van der Waals surface area contributed by atoms with Crippen LogP contribution >= 0.6 is 28.1 Å². The number of aromatic amines is 1. The predicted octanol–water partition coefficient (Wildman–Crippen LogP) is 4.75. The topological polar surface area (TPSA) is 28.7 Å². The molecule has 0 aliphatic rings. The molecule has 1 N–H and O–H groups in total. The molecule has 0 saturated heterocycles. The van der Waals surface area contributed by atoms with E-state index < -0.39 is 0 Å². The van der Waals surface area contributed by atoms with E-state index >= 15 is 0 Å². The van der Waals surface area contributed by atoms with Gasteiger partial charge in [-0.3, -0.25) is 0 Å². The second-order valence-corrected chi connectivity index (χ2v) is 5.61. The van der Waals surface area contributed by atoms with Gasteiger partial charge in [-0.15, -0.1) is 0 Å². The van der Waals surface area contributed by atoms with Gasteiger partial charge in [-0.1, -0.05) is 35.1 Å². The Kier molecular flexibility index (Phi) is 3.97. The number of hydrogen-bond acceptors (Lipinski definition) is 2. The molecule has 1 heterocycles. The highest BCUT2D eigenvalue weighted by Crippen LogP contribution is 2.24. The quantitative estimate of drug-likeness (QED) is 0.808. The van der Waals surface area contributed by atoms with Crippen molar-refractivity contribution in [3.63, 3.8) is 0 Å². The number of halogens is 1. The van der Waals surface area contributed by atoms with E-state index in [1.165, 1.54) is 5.56 Å². The number of benzene rings is 1. The first-order valence-corrected chi connectivity index (χ1v) is 7.09. The first kappa shape index (κ1) is 13.4. The Morgan fingerprint density at radius 2 is 2.06 bits per heavy atom. The smallest absolute Gasteiger partial charge is 0.139 e. The molecule has 0 atom stereocenters. The van der Waals surface area contributed by atoms with Gasteiger partial charge < -0.3 is 4.98 Å². The van der Waals surface area contributed by atoms with E-state index in [1.54, 1.807) is 0 Å². The lowest BCUT2D eigenvalue weighted by Crippen LogP contribution is -2.00. The SMILES string of the molecule is CCc1c(C)[nH]c(-c2ccc(Br)cc2C)nc1=S. The third kappa shape index (κ3) is 2.54. The van der Waals surface area contributed by atoms with E-state index in [4.69, 9.17) is 12.2 Å². The largest absolute Gasteiger partial charge is 0.343 e. The van der Waals surface area contributed by atoms with Crippen molar-refractivity contribution in [2.75, 3.05) is 0 Å². The zero-order valence-corrected chi connectivity index (χ0v) is 13.1. The van der Waals surface area contributed by atoms with Crippen LogP contribution in [0.25, 0.3) is 11.4 Å². The second-order valence-electron chi connectivity index (χ2n) is 4.31. The molecule has 0 aliphatic carbocycles. The molecule has 2 rings (SSSR count). The molecule has 0 unspecified atom stereocenters. The first-order valence-electron chi connectivity index (χ1n) is 5.89. The highest BCUT2D eigenvalue weighted by molar-refractivity contribution is 9.10. The van der Waals surface area contributed by atoms with Crippen molar-refractivity contribution < 1.29 is 0 Å². The number of nitrogens with one attached hydrogen (secondary N) is 1. The fourth-order valence-corrected chi connectivity index (χ4v) is 2.91. The summed E-state index contributed by atoms with van der Waals surface area (Å²) in [7, 11) is 0. The molecule has 0 fully saturated rings. The van der Waals surface area contributed by atoms with Crippen LogP contribution in [0.2, 0.25) is 0 Å². The normalized spacial score (nSPS) is 10.7. The van der Waals surface area contributed by atoms with Crippen LogP contribution in [0.15, 0.2) is 22.7 Å². The van der Waals surface area contributed by atoms with E-state index in [9.17, 15) is 0 Å². The van der Waals surface area contributed by atoms with Gasteiger partial charge in [0.2, 0.25) is 0 Å². The lowest BCUT2D eigenvalue weighted by Gasteiger charge is -2.10. The van der Waals surface area contributed by atoms with Crippen LogP contribution in [0.3, 0.4) is 0 Å². The predicted molar refractivity (Wildman–Crippen MR) is 81.4 cm³/mol. The summed E-state index contributed by atoms with van der Waals surface area (Å²) in [5, 5.41) is 0. The van der Waals surface area contributed by atoms with Crippen LogP contribution < -0.4 is 0 Å². The molecular formula is C14H15BrN2S. The summed E-state index contributed by atoms with van der Waals surface area (Å²) < 4.78 is 1.77. The summed E-state index contributed by atoms with van der Waals surface area (Å²) in [4.78, 5) is 7.86. The second kappa shape index (κ2) is 5.33. The molecule has 1 aromatic carbocycles. The first-order chi connectivity index (χ1) is 8.52. The minimum Gasteiger partial charge on any atom is -0.343 e. The fourth-order valence-electron chi connectivity index (χ4n) is 2.05. The molecule has 18 heavy (non-hydrogen) atoms. The molecule has 4 heteroatoms. The molecule has 2 aromatic rings. The lowest BCUT2D eigenvalue weighted by molar-refractivity contribution is 0.988. The van der Waals surface area contributed by atoms with Crippen molar-refractivity contribution in [3.8, 4) is 11.4 Å². The van der Waals surface area contributed by atoms with E-state index in [2.05, 4.69) is 51.9 Å². The molecule has 0 saturated carbocycles. The Morgan fingerprint density at radius 3 is 2.61 bits per heavy atom. The third-order valence-corrected chi connectivity index (χ3v) is 3.86. The Bertz CT molecular complexity index is 647. The van der Waals surface area contributed by atoms with Gasteiger partial charge in [-0.25, -0.2) is 4.98 Å². The molecule has 0 amide bonds. The maximum Gasteiger partial charge on any atom is 0.139 e. The monoisotopic (exact) mass is 322 g/mol. The Labute approximate surface area is 121 Å². The van der Waals surface area contributed by atoms with Crippen LogP contribution in [-0.4, -0.2) is 9.97 Å². The zero-order chi connectivity index (χ0) is 13.3. The van der Waals surface area contributed by atoms with Gasteiger partial charge in [-0.2, -0.15) is 0 Å². The molecule has 0 aliphatic heterocycles. The van der Waals surface area contributed by atoms with Gasteiger partial charge in [0.1, 0.15) is 10.5 Å². The van der Waals surface area contributed by atoms with Crippen LogP contribution in [0, 0.1) is 18.5 Å². The van der Waals surface area contributed by atoms with Crippen LogP contribution in [0.4, 0.5) is 0 Å². The van der Waals surface area contributed by atoms with Crippen molar-refractivity contribution in [2.45, 2.75) is 27.2 Å². The van der Waals surface area contributed by atoms with Crippen molar-refractivity contribution >= 4 is 28.1 Å². The summed E-state index contributed by atoms with van der Waals surface area (Å²) >= 11 is 8.82. The molecule has 0 radical (unpaired) electrons. The summed E-state index contributed by atoms with van der Waals surface area (Å²) in [5.74, 6) is 0.847. The standard InChI is InChI=1S/C14H15BrN2S/c1-4-11-9(3)16-13(17-14(11)18)12-6-5-10(15)7-8(12)2/h5-7H,4H2,1-3H3,(H,16,17,18). The molecule has 0 spiro atoms. The van der Waals surface area contributed by atoms with E-state index in [-0.39, 0.29) is 0 Å². The number of rotatable bonds is 2. The van der Waals surface area contributed by atoms with E-state index in [0.29, 0.717) is 4.64 Å². The lowest BCUT2D eigenvalue weighted by atomic mass is 10.1. The summed E-state index contributed by atoms with van der Waals surface area (Å²) in [5.41, 5.74) is 4.50. The number of aromatic nitrogens is 2. The van der Waals surface area contributed by atoms with Gasteiger partial charge in [0.15, 0.2) is 0 Å². The molecule has 0 bridgehead atoms. The van der Waals surface area contributed by atoms with Crippen molar-refractivity contribution in [2.24, 2.45) is 0 Å². The van der Waals surface area contributed by atoms with Crippen molar-refractivity contribution in [1.82, 2.24) is 9.97 Å². The summed E-state index contributed by atoms with van der Waals surface area (Å²) in [6, 6.07) is 6.15. The minimum atomic E-state index is 0.700. The molecular weight excluding hydrogens is 308 g/mol. The van der Waals surface area contributed by atoms with Crippen LogP contribution in [-0.2, 0) is 6.42 Å².